The standard InChI is InChI=1S/C24H20Cl3NO3/c1-12-21(24(30)31-2)22(17-8-7-16(26)11-18(17)27)23-19(28-12)9-14(10-20(23)29)13-3-5-15(25)6-4-13/h3-8,11,14,22,28H,9-10H2,1-2H3/t14-,22+/m1/s1. The van der Waals surface area contributed by atoms with Crippen molar-refractivity contribution in [3.8, 4) is 0 Å². The minimum absolute atomic E-state index is 0.0184. The van der Waals surface area contributed by atoms with Gasteiger partial charge in [0.2, 0.25) is 0 Å². The van der Waals surface area contributed by atoms with E-state index in [2.05, 4.69) is 5.32 Å². The number of hydrogen-bond donors (Lipinski definition) is 1. The van der Waals surface area contributed by atoms with Gasteiger partial charge in [0.25, 0.3) is 0 Å². The molecule has 7 heteroatoms. The SMILES string of the molecule is COC(=O)C1=C(C)NC2=C(C(=O)C[C@H](c3ccc(Cl)cc3)C2)[C@H]1c1ccc(Cl)cc1Cl. The summed E-state index contributed by atoms with van der Waals surface area (Å²) in [7, 11) is 1.33. The van der Waals surface area contributed by atoms with Crippen LogP contribution in [0.25, 0.3) is 0 Å². The molecule has 0 radical (unpaired) electrons. The van der Waals surface area contributed by atoms with E-state index in [4.69, 9.17) is 39.5 Å². The molecule has 2 aromatic carbocycles. The van der Waals surface area contributed by atoms with Gasteiger partial charge in [-0.3, -0.25) is 4.79 Å². The Morgan fingerprint density at radius 3 is 2.35 bits per heavy atom. The Balaban J connectivity index is 1.83. The molecule has 2 aliphatic rings. The monoisotopic (exact) mass is 475 g/mol. The van der Waals surface area contributed by atoms with Crippen LogP contribution in [-0.2, 0) is 14.3 Å². The molecule has 0 amide bonds. The number of ketones is 1. The van der Waals surface area contributed by atoms with Gasteiger partial charge in [0, 0.05) is 44.4 Å². The smallest absolute Gasteiger partial charge is 0.336 e. The van der Waals surface area contributed by atoms with Gasteiger partial charge in [0.1, 0.15) is 0 Å². The number of carbonyl (C=O) groups excluding carboxylic acids is 2. The van der Waals surface area contributed by atoms with Crippen molar-refractivity contribution < 1.29 is 14.3 Å². The fourth-order valence-corrected chi connectivity index (χ4v) is 5.08. The fraction of sp³-hybridized carbons (Fsp3) is 0.250. The number of allylic oxidation sites excluding steroid dienone is 3. The summed E-state index contributed by atoms with van der Waals surface area (Å²) in [5, 5.41) is 4.83. The van der Waals surface area contributed by atoms with E-state index >= 15 is 0 Å². The summed E-state index contributed by atoms with van der Waals surface area (Å²) in [6.45, 7) is 1.81. The van der Waals surface area contributed by atoms with Crippen LogP contribution in [0.3, 0.4) is 0 Å². The number of methoxy groups -OCH3 is 1. The topological polar surface area (TPSA) is 55.4 Å². The van der Waals surface area contributed by atoms with Gasteiger partial charge in [0.15, 0.2) is 5.78 Å². The Labute approximate surface area is 195 Å². The van der Waals surface area contributed by atoms with Gasteiger partial charge >= 0.3 is 5.97 Å². The van der Waals surface area contributed by atoms with Crippen molar-refractivity contribution in [2.24, 2.45) is 0 Å². The summed E-state index contributed by atoms with van der Waals surface area (Å²) in [6, 6.07) is 12.6. The van der Waals surface area contributed by atoms with Gasteiger partial charge in [0.05, 0.1) is 12.7 Å². The van der Waals surface area contributed by atoms with Crippen LogP contribution >= 0.6 is 34.8 Å². The van der Waals surface area contributed by atoms with Crippen LogP contribution in [0.1, 0.15) is 42.7 Å². The first-order valence-electron chi connectivity index (χ1n) is 9.83. The van der Waals surface area contributed by atoms with Crippen LogP contribution in [-0.4, -0.2) is 18.9 Å². The van der Waals surface area contributed by atoms with E-state index in [9.17, 15) is 9.59 Å². The lowest BCUT2D eigenvalue weighted by Crippen LogP contribution is -2.36. The molecule has 0 aromatic heterocycles. The zero-order chi connectivity index (χ0) is 22.3. The van der Waals surface area contributed by atoms with Crippen molar-refractivity contribution in [3.63, 3.8) is 0 Å². The number of carbonyl (C=O) groups is 2. The molecule has 0 saturated heterocycles. The molecule has 31 heavy (non-hydrogen) atoms. The van der Waals surface area contributed by atoms with Crippen molar-refractivity contribution >= 4 is 46.6 Å². The molecule has 0 bridgehead atoms. The Hall–Kier alpha value is -2.27. The largest absolute Gasteiger partial charge is 0.466 e. The molecule has 1 heterocycles. The predicted molar refractivity (Wildman–Crippen MR) is 123 cm³/mol. The van der Waals surface area contributed by atoms with E-state index in [1.807, 2.05) is 31.2 Å². The summed E-state index contributed by atoms with van der Waals surface area (Å²) in [4.78, 5) is 26.1. The van der Waals surface area contributed by atoms with Crippen molar-refractivity contribution in [2.45, 2.75) is 31.6 Å². The molecule has 1 N–H and O–H groups in total. The van der Waals surface area contributed by atoms with E-state index in [0.29, 0.717) is 50.3 Å². The van der Waals surface area contributed by atoms with Crippen LogP contribution in [0.15, 0.2) is 65.0 Å². The Morgan fingerprint density at radius 2 is 1.71 bits per heavy atom. The first kappa shape index (κ1) is 21.9. The van der Waals surface area contributed by atoms with E-state index in [0.717, 1.165) is 11.3 Å². The van der Waals surface area contributed by atoms with E-state index in [1.54, 1.807) is 18.2 Å². The third kappa shape index (κ3) is 4.12. The normalized spacial score (nSPS) is 21.0. The minimum Gasteiger partial charge on any atom is -0.466 e. The summed E-state index contributed by atoms with van der Waals surface area (Å²) < 4.78 is 5.04. The van der Waals surface area contributed by atoms with Crippen LogP contribution < -0.4 is 5.32 Å². The second-order valence-corrected chi connectivity index (χ2v) is 9.01. The average Bonchev–Trinajstić information content (AvgIpc) is 2.73. The maximum absolute atomic E-state index is 13.4. The molecule has 1 aliphatic heterocycles. The van der Waals surface area contributed by atoms with Gasteiger partial charge in [-0.25, -0.2) is 4.79 Å². The Kier molecular flexibility index (Phi) is 6.16. The number of Topliss-reactive ketones (excluding diaryl/α,β-unsaturated/α-hetero) is 1. The van der Waals surface area contributed by atoms with E-state index < -0.39 is 11.9 Å². The quantitative estimate of drug-likeness (QED) is 0.537. The summed E-state index contributed by atoms with van der Waals surface area (Å²) in [5.41, 5.74) is 4.08. The predicted octanol–water partition coefficient (Wildman–Crippen LogP) is 6.18. The summed E-state index contributed by atoms with van der Waals surface area (Å²) in [5.74, 6) is -1.13. The number of dihydropyridines is 1. The maximum atomic E-state index is 13.4. The van der Waals surface area contributed by atoms with Crippen LogP contribution in [0.2, 0.25) is 15.1 Å². The fourth-order valence-electron chi connectivity index (χ4n) is 4.44. The minimum atomic E-state index is -0.618. The molecule has 2 atom stereocenters. The van der Waals surface area contributed by atoms with E-state index in [1.165, 1.54) is 7.11 Å². The number of esters is 1. The summed E-state index contributed by atoms with van der Waals surface area (Å²) in [6.07, 6.45) is 0.966. The van der Waals surface area contributed by atoms with E-state index in [-0.39, 0.29) is 11.7 Å². The molecule has 0 unspecified atom stereocenters. The second-order valence-electron chi connectivity index (χ2n) is 7.73. The number of benzene rings is 2. The lowest BCUT2D eigenvalue weighted by molar-refractivity contribution is -0.136. The molecule has 4 rings (SSSR count). The highest BCUT2D eigenvalue weighted by molar-refractivity contribution is 6.35. The Bertz CT molecular complexity index is 1140. The molecule has 2 aromatic rings. The molecular weight excluding hydrogens is 457 g/mol. The number of nitrogens with one attached hydrogen (secondary N) is 1. The van der Waals surface area contributed by atoms with Gasteiger partial charge in [-0.05, 0) is 54.7 Å². The van der Waals surface area contributed by atoms with Gasteiger partial charge < -0.3 is 10.1 Å². The highest BCUT2D eigenvalue weighted by Gasteiger charge is 2.42. The Morgan fingerprint density at radius 1 is 1.03 bits per heavy atom. The zero-order valence-electron chi connectivity index (χ0n) is 17.0. The van der Waals surface area contributed by atoms with Crippen molar-refractivity contribution in [1.82, 2.24) is 5.32 Å². The lowest BCUT2D eigenvalue weighted by atomic mass is 9.71. The maximum Gasteiger partial charge on any atom is 0.336 e. The summed E-state index contributed by atoms with van der Waals surface area (Å²) >= 11 is 18.6. The molecule has 0 spiro atoms. The second kappa shape index (κ2) is 8.70. The first-order valence-corrected chi connectivity index (χ1v) is 11.0. The third-order valence-corrected chi connectivity index (χ3v) is 6.66. The molecule has 0 saturated carbocycles. The molecule has 1 aliphatic carbocycles. The van der Waals surface area contributed by atoms with Crippen LogP contribution in [0.4, 0.5) is 0 Å². The molecule has 160 valence electrons. The highest BCUT2D eigenvalue weighted by atomic mass is 35.5. The van der Waals surface area contributed by atoms with Crippen LogP contribution in [0.5, 0.6) is 0 Å². The number of rotatable bonds is 3. The van der Waals surface area contributed by atoms with Crippen LogP contribution in [0, 0.1) is 0 Å². The zero-order valence-corrected chi connectivity index (χ0v) is 19.2. The van der Waals surface area contributed by atoms with Crippen molar-refractivity contribution in [1.29, 1.82) is 0 Å². The van der Waals surface area contributed by atoms with Gasteiger partial charge in [-0.2, -0.15) is 0 Å². The first-order chi connectivity index (χ1) is 14.8. The molecule has 0 fully saturated rings. The van der Waals surface area contributed by atoms with Crippen molar-refractivity contribution in [2.75, 3.05) is 7.11 Å². The third-order valence-electron chi connectivity index (χ3n) is 5.85. The number of ether oxygens (including phenoxy) is 1. The number of halogens is 3. The average molecular weight is 477 g/mol. The van der Waals surface area contributed by atoms with Crippen molar-refractivity contribution in [3.05, 3.63) is 91.2 Å². The van der Waals surface area contributed by atoms with Gasteiger partial charge in [-0.15, -0.1) is 0 Å². The highest BCUT2D eigenvalue weighted by Crippen LogP contribution is 2.47. The molecule has 4 nitrogen and oxygen atoms in total. The molecular formula is C24H20Cl3NO3. The van der Waals surface area contributed by atoms with Gasteiger partial charge in [-0.1, -0.05) is 53.0 Å². The number of hydrogen-bond acceptors (Lipinski definition) is 4. The lowest BCUT2D eigenvalue weighted by Gasteiger charge is -2.37.